The number of rotatable bonds is 7. The number of hydrogen-bond acceptors (Lipinski definition) is 3. The number of methoxy groups -OCH3 is 1. The second-order valence-corrected chi connectivity index (χ2v) is 6.81. The number of hydrogen-bond donors (Lipinski definition) is 2. The molecule has 1 aliphatic carbocycles. The molecule has 1 saturated carbocycles. The molecule has 0 spiro atoms. The number of nitrogens with one attached hydrogen (secondary N) is 2. The lowest BCUT2D eigenvalue weighted by Crippen LogP contribution is -2.40. The minimum atomic E-state index is 0. The predicted octanol–water partition coefficient (Wildman–Crippen LogP) is 2.85. The molecule has 0 radical (unpaired) electrons. The third kappa shape index (κ3) is 6.33. The van der Waals surface area contributed by atoms with E-state index in [1.807, 2.05) is 18.2 Å². The molecule has 1 saturated heterocycles. The van der Waals surface area contributed by atoms with E-state index in [9.17, 15) is 0 Å². The van der Waals surface area contributed by atoms with E-state index in [1.54, 1.807) is 7.11 Å². The maximum atomic E-state index is 5.27. The molecule has 0 aromatic heterocycles. The molecule has 5 nitrogen and oxygen atoms in total. The van der Waals surface area contributed by atoms with E-state index in [0.717, 1.165) is 42.3 Å². The average Bonchev–Trinajstić information content (AvgIpc) is 3.36. The zero-order valence-corrected chi connectivity index (χ0v) is 17.7. The normalized spacial score (nSPS) is 20.9. The van der Waals surface area contributed by atoms with E-state index in [2.05, 4.69) is 28.5 Å². The van der Waals surface area contributed by atoms with E-state index >= 15 is 0 Å². The fraction of sp³-hybridized carbons (Fsp3) is 0.632. The molecule has 1 aromatic carbocycles. The van der Waals surface area contributed by atoms with Gasteiger partial charge in [-0.2, -0.15) is 0 Å². The molecule has 1 aliphatic heterocycles. The fourth-order valence-corrected chi connectivity index (χ4v) is 3.32. The van der Waals surface area contributed by atoms with Crippen LogP contribution in [0.1, 0.15) is 31.7 Å². The second kappa shape index (κ2) is 10.2. The van der Waals surface area contributed by atoms with Crippen molar-refractivity contribution >= 4 is 29.9 Å². The van der Waals surface area contributed by atoms with Crippen LogP contribution in [0.25, 0.3) is 0 Å². The molecular weight excluding hydrogens is 427 g/mol. The van der Waals surface area contributed by atoms with Crippen molar-refractivity contribution in [1.29, 1.82) is 0 Å². The fourth-order valence-electron chi connectivity index (χ4n) is 3.32. The molecule has 3 rings (SSSR count). The zero-order chi connectivity index (χ0) is 16.8. The van der Waals surface area contributed by atoms with Gasteiger partial charge in [-0.3, -0.25) is 0 Å². The molecule has 0 bridgehead atoms. The van der Waals surface area contributed by atoms with E-state index in [-0.39, 0.29) is 24.0 Å². The lowest BCUT2D eigenvalue weighted by Gasteiger charge is -2.17. The molecular formula is C19H31IN4O. The van der Waals surface area contributed by atoms with Crippen LogP contribution in [-0.2, 0) is 6.54 Å². The summed E-state index contributed by atoms with van der Waals surface area (Å²) in [7, 11) is 1.69. The molecule has 1 heterocycles. The zero-order valence-electron chi connectivity index (χ0n) is 15.3. The Morgan fingerprint density at radius 2 is 2.12 bits per heavy atom. The number of guanidine groups is 1. The Labute approximate surface area is 168 Å². The Kier molecular flexibility index (Phi) is 8.29. The van der Waals surface area contributed by atoms with Gasteiger partial charge in [-0.25, -0.2) is 4.99 Å². The van der Waals surface area contributed by atoms with Crippen molar-refractivity contribution in [2.24, 2.45) is 10.9 Å². The Morgan fingerprint density at radius 1 is 1.28 bits per heavy atom. The maximum Gasteiger partial charge on any atom is 0.191 e. The molecule has 6 heteroatoms. The van der Waals surface area contributed by atoms with Crippen molar-refractivity contribution in [1.82, 2.24) is 15.5 Å². The summed E-state index contributed by atoms with van der Waals surface area (Å²) in [6.07, 6.45) is 4.12. The van der Waals surface area contributed by atoms with Gasteiger partial charge < -0.3 is 20.3 Å². The maximum absolute atomic E-state index is 5.27. The Hall–Kier alpha value is -1.02. The summed E-state index contributed by atoms with van der Waals surface area (Å²) in [5.74, 6) is 2.53. The van der Waals surface area contributed by atoms with Gasteiger partial charge in [0.05, 0.1) is 13.7 Å². The van der Waals surface area contributed by atoms with Crippen LogP contribution < -0.4 is 15.4 Å². The lowest BCUT2D eigenvalue weighted by molar-refractivity contribution is 0.314. The molecule has 1 aromatic rings. The summed E-state index contributed by atoms with van der Waals surface area (Å²) in [4.78, 5) is 7.37. The first-order chi connectivity index (χ1) is 11.8. The smallest absolute Gasteiger partial charge is 0.191 e. The van der Waals surface area contributed by atoms with Crippen molar-refractivity contribution in [3.63, 3.8) is 0 Å². The van der Waals surface area contributed by atoms with Crippen LogP contribution in [0.3, 0.4) is 0 Å². The highest BCUT2D eigenvalue weighted by Crippen LogP contribution is 2.31. The molecule has 2 fully saturated rings. The van der Waals surface area contributed by atoms with Gasteiger partial charge in [-0.1, -0.05) is 12.1 Å². The van der Waals surface area contributed by atoms with Crippen LogP contribution in [0.4, 0.5) is 0 Å². The van der Waals surface area contributed by atoms with E-state index in [4.69, 9.17) is 9.73 Å². The summed E-state index contributed by atoms with van der Waals surface area (Å²) in [6, 6.07) is 8.99. The number of nitrogens with zero attached hydrogens (tertiary/aromatic N) is 2. The summed E-state index contributed by atoms with van der Waals surface area (Å²) in [5.41, 5.74) is 1.16. The lowest BCUT2D eigenvalue weighted by atomic mass is 10.1. The topological polar surface area (TPSA) is 48.9 Å². The second-order valence-electron chi connectivity index (χ2n) is 6.81. The first kappa shape index (κ1) is 20.3. The quantitative estimate of drug-likeness (QED) is 0.375. The molecule has 2 N–H and O–H groups in total. The monoisotopic (exact) mass is 458 g/mol. The van der Waals surface area contributed by atoms with E-state index in [1.165, 1.54) is 32.4 Å². The minimum absolute atomic E-state index is 0. The summed E-state index contributed by atoms with van der Waals surface area (Å²) < 4.78 is 5.27. The van der Waals surface area contributed by atoms with Crippen molar-refractivity contribution < 1.29 is 4.74 Å². The molecule has 1 atom stereocenters. The largest absolute Gasteiger partial charge is 0.497 e. The van der Waals surface area contributed by atoms with Gasteiger partial charge in [0.15, 0.2) is 5.96 Å². The van der Waals surface area contributed by atoms with Gasteiger partial charge in [0, 0.05) is 25.7 Å². The van der Waals surface area contributed by atoms with Crippen molar-refractivity contribution in [3.8, 4) is 5.75 Å². The summed E-state index contributed by atoms with van der Waals surface area (Å²) in [6.45, 7) is 7.16. The van der Waals surface area contributed by atoms with Gasteiger partial charge in [-0.15, -0.1) is 24.0 Å². The van der Waals surface area contributed by atoms with Gasteiger partial charge in [0.25, 0.3) is 0 Å². The third-order valence-electron chi connectivity index (χ3n) is 4.84. The summed E-state index contributed by atoms with van der Waals surface area (Å²) >= 11 is 0. The standard InChI is InChI=1S/C19H30N4O.HI/c1-3-20-19(21-12-15-5-4-6-18(11-15)24-2)22-13-16-9-10-23(14-16)17-7-8-17;/h4-6,11,16-17H,3,7-10,12-14H2,1-2H3,(H2,20,21,22);1H. The van der Waals surface area contributed by atoms with Crippen LogP contribution >= 0.6 is 24.0 Å². The van der Waals surface area contributed by atoms with Crippen LogP contribution in [0.2, 0.25) is 0 Å². The molecule has 2 aliphatic rings. The molecule has 25 heavy (non-hydrogen) atoms. The highest BCUT2D eigenvalue weighted by molar-refractivity contribution is 14.0. The number of ether oxygens (including phenoxy) is 1. The van der Waals surface area contributed by atoms with Crippen molar-refractivity contribution in [3.05, 3.63) is 29.8 Å². The number of likely N-dealkylation sites (tertiary alicyclic amines) is 1. The van der Waals surface area contributed by atoms with Crippen LogP contribution in [0, 0.1) is 5.92 Å². The number of benzene rings is 1. The first-order valence-electron chi connectivity index (χ1n) is 9.17. The highest BCUT2D eigenvalue weighted by atomic mass is 127. The summed E-state index contributed by atoms with van der Waals surface area (Å²) in [5, 5.41) is 6.87. The van der Waals surface area contributed by atoms with Crippen molar-refractivity contribution in [2.45, 2.75) is 38.8 Å². The highest BCUT2D eigenvalue weighted by Gasteiger charge is 2.34. The van der Waals surface area contributed by atoms with Crippen LogP contribution in [0.15, 0.2) is 29.3 Å². The third-order valence-corrected chi connectivity index (χ3v) is 4.84. The number of halogens is 1. The van der Waals surface area contributed by atoms with E-state index in [0.29, 0.717) is 6.54 Å². The SMILES string of the molecule is CCNC(=NCc1cccc(OC)c1)NCC1CCN(C2CC2)C1.I. The number of aliphatic imine (C=N–C) groups is 1. The molecule has 1 unspecified atom stereocenters. The van der Waals surface area contributed by atoms with Gasteiger partial charge in [0.1, 0.15) is 5.75 Å². The van der Waals surface area contributed by atoms with E-state index < -0.39 is 0 Å². The minimum Gasteiger partial charge on any atom is -0.497 e. The average molecular weight is 458 g/mol. The Balaban J connectivity index is 0.00000225. The van der Waals surface area contributed by atoms with Crippen molar-refractivity contribution in [2.75, 3.05) is 33.3 Å². The van der Waals surface area contributed by atoms with Gasteiger partial charge in [0.2, 0.25) is 0 Å². The molecule has 0 amide bonds. The molecule has 140 valence electrons. The van der Waals surface area contributed by atoms with Gasteiger partial charge in [-0.05, 0) is 56.3 Å². The first-order valence-corrected chi connectivity index (χ1v) is 9.17. The van der Waals surface area contributed by atoms with Crippen LogP contribution in [-0.4, -0.2) is 50.2 Å². The van der Waals surface area contributed by atoms with Gasteiger partial charge >= 0.3 is 0 Å². The Bertz CT molecular complexity index is 562. The Morgan fingerprint density at radius 3 is 2.84 bits per heavy atom. The predicted molar refractivity (Wildman–Crippen MR) is 114 cm³/mol. The van der Waals surface area contributed by atoms with Crippen LogP contribution in [0.5, 0.6) is 5.75 Å².